The van der Waals surface area contributed by atoms with Gasteiger partial charge in [-0.3, -0.25) is 24.5 Å². The number of carbonyl (C=O) groups is 3. The first-order chi connectivity index (χ1) is 14.4. The van der Waals surface area contributed by atoms with E-state index in [0.29, 0.717) is 5.69 Å². The molecule has 0 aliphatic carbocycles. The number of halogens is 2. The number of hydrogen-bond acceptors (Lipinski definition) is 5. The van der Waals surface area contributed by atoms with Crippen LogP contribution in [0.1, 0.15) is 37.6 Å². The number of nitro benzene ring substituents is 1. The third-order valence-electron chi connectivity index (χ3n) is 4.85. The third kappa shape index (κ3) is 4.47. The molecule has 0 N–H and O–H groups in total. The fourth-order valence-corrected chi connectivity index (χ4v) is 3.97. The van der Waals surface area contributed by atoms with Gasteiger partial charge in [0, 0.05) is 21.6 Å². The van der Waals surface area contributed by atoms with Gasteiger partial charge in [0.1, 0.15) is 11.1 Å². The van der Waals surface area contributed by atoms with Crippen molar-refractivity contribution in [3.63, 3.8) is 0 Å². The maximum atomic E-state index is 13.4. The van der Waals surface area contributed by atoms with Crippen LogP contribution in [0.25, 0.3) is 0 Å². The summed E-state index contributed by atoms with van der Waals surface area (Å²) < 4.78 is 0.794. The molecule has 1 fully saturated rings. The van der Waals surface area contributed by atoms with Gasteiger partial charge in [-0.15, -0.1) is 0 Å². The van der Waals surface area contributed by atoms with Crippen LogP contribution in [0.15, 0.2) is 46.9 Å². The second kappa shape index (κ2) is 8.39. The van der Waals surface area contributed by atoms with E-state index in [0.717, 1.165) is 15.4 Å². The van der Waals surface area contributed by atoms with Gasteiger partial charge < -0.3 is 4.90 Å². The molecule has 1 heterocycles. The summed E-state index contributed by atoms with van der Waals surface area (Å²) in [4.78, 5) is 52.2. The Morgan fingerprint density at radius 2 is 1.81 bits per heavy atom. The number of benzene rings is 2. The highest BCUT2D eigenvalue weighted by atomic mass is 79.9. The van der Waals surface area contributed by atoms with Gasteiger partial charge in [-0.2, -0.15) is 0 Å². The molecule has 1 aliphatic heterocycles. The number of imide groups is 1. The minimum atomic E-state index is -1.04. The number of anilines is 1. The topological polar surface area (TPSA) is 101 Å². The van der Waals surface area contributed by atoms with Crippen molar-refractivity contribution < 1.29 is 19.3 Å². The molecule has 8 nitrogen and oxygen atoms in total. The van der Waals surface area contributed by atoms with Crippen LogP contribution in [0.5, 0.6) is 0 Å². The Labute approximate surface area is 192 Å². The smallest absolute Gasteiger partial charge is 0.288 e. The van der Waals surface area contributed by atoms with Gasteiger partial charge in [0.05, 0.1) is 17.0 Å². The standard InChI is InChI=1S/C21H19BrClN3O5/c1-21(2,3)25(19(28)12-4-9-15(23)16(10-12)26(30)31)17-11-18(27)24(20(17)29)14-7-5-13(22)6-8-14/h4-10,17H,11H2,1-3H3. The first kappa shape index (κ1) is 22.9. The Kier molecular flexibility index (Phi) is 6.20. The van der Waals surface area contributed by atoms with Crippen molar-refractivity contribution in [2.45, 2.75) is 38.8 Å². The summed E-state index contributed by atoms with van der Waals surface area (Å²) in [5, 5.41) is 11.1. The summed E-state index contributed by atoms with van der Waals surface area (Å²) in [7, 11) is 0. The van der Waals surface area contributed by atoms with Crippen LogP contribution in [-0.4, -0.2) is 39.1 Å². The lowest BCUT2D eigenvalue weighted by Gasteiger charge is -2.39. The van der Waals surface area contributed by atoms with E-state index in [1.807, 2.05) is 0 Å². The van der Waals surface area contributed by atoms with Crippen LogP contribution >= 0.6 is 27.5 Å². The Hall–Kier alpha value is -2.78. The lowest BCUT2D eigenvalue weighted by atomic mass is 9.99. The lowest BCUT2D eigenvalue weighted by molar-refractivity contribution is -0.384. The van der Waals surface area contributed by atoms with Gasteiger partial charge in [-0.1, -0.05) is 27.5 Å². The second-order valence-corrected chi connectivity index (χ2v) is 9.36. The zero-order valence-corrected chi connectivity index (χ0v) is 19.3. The van der Waals surface area contributed by atoms with Gasteiger partial charge in [0.25, 0.3) is 17.5 Å². The summed E-state index contributed by atoms with van der Waals surface area (Å²) in [5.74, 6) is -1.56. The fraction of sp³-hybridized carbons (Fsp3) is 0.286. The van der Waals surface area contributed by atoms with Gasteiger partial charge in [-0.25, -0.2) is 4.90 Å². The Morgan fingerprint density at radius 1 is 1.19 bits per heavy atom. The Bertz CT molecular complexity index is 1080. The molecule has 1 unspecified atom stereocenters. The monoisotopic (exact) mass is 507 g/mol. The van der Waals surface area contributed by atoms with Crippen LogP contribution in [0, 0.1) is 10.1 Å². The molecule has 162 valence electrons. The molecule has 31 heavy (non-hydrogen) atoms. The molecule has 0 bridgehead atoms. The van der Waals surface area contributed by atoms with Gasteiger partial charge in [0.15, 0.2) is 0 Å². The predicted molar refractivity (Wildman–Crippen MR) is 119 cm³/mol. The zero-order valence-electron chi connectivity index (χ0n) is 17.0. The van der Waals surface area contributed by atoms with E-state index >= 15 is 0 Å². The zero-order chi connectivity index (χ0) is 23.1. The van der Waals surface area contributed by atoms with Crippen molar-refractivity contribution in [1.29, 1.82) is 0 Å². The third-order valence-corrected chi connectivity index (χ3v) is 5.70. The van der Waals surface area contributed by atoms with Gasteiger partial charge >= 0.3 is 0 Å². The Balaban J connectivity index is 2.00. The van der Waals surface area contributed by atoms with Gasteiger partial charge in [0.2, 0.25) is 5.91 Å². The van der Waals surface area contributed by atoms with E-state index in [4.69, 9.17) is 11.6 Å². The minimum absolute atomic E-state index is 0.00775. The van der Waals surface area contributed by atoms with Crippen molar-refractivity contribution >= 4 is 56.6 Å². The van der Waals surface area contributed by atoms with Crippen LogP contribution < -0.4 is 4.90 Å². The normalized spacial score (nSPS) is 16.5. The first-order valence-electron chi connectivity index (χ1n) is 9.32. The van der Waals surface area contributed by atoms with Gasteiger partial charge in [-0.05, 0) is 57.2 Å². The van der Waals surface area contributed by atoms with Crippen LogP contribution in [0.2, 0.25) is 5.02 Å². The maximum absolute atomic E-state index is 13.4. The number of rotatable bonds is 4. The van der Waals surface area contributed by atoms with Crippen molar-refractivity contribution in [3.05, 3.63) is 67.6 Å². The molecular formula is C21H19BrClN3O5. The number of hydrogen-bond donors (Lipinski definition) is 0. The van der Waals surface area contributed by atoms with Crippen LogP contribution in [-0.2, 0) is 9.59 Å². The van der Waals surface area contributed by atoms with E-state index in [1.165, 1.54) is 17.0 Å². The fourth-order valence-electron chi connectivity index (χ4n) is 3.52. The molecule has 1 saturated heterocycles. The lowest BCUT2D eigenvalue weighted by Crippen LogP contribution is -2.54. The molecule has 0 saturated carbocycles. The molecule has 0 radical (unpaired) electrons. The predicted octanol–water partition coefficient (Wildman–Crippen LogP) is 4.58. The largest absolute Gasteiger partial charge is 0.321 e. The summed E-state index contributed by atoms with van der Waals surface area (Å²) in [6, 6.07) is 9.36. The maximum Gasteiger partial charge on any atom is 0.288 e. The summed E-state index contributed by atoms with van der Waals surface area (Å²) in [6.45, 7) is 5.19. The van der Waals surface area contributed by atoms with E-state index in [2.05, 4.69) is 15.9 Å². The number of nitrogens with zero attached hydrogens (tertiary/aromatic N) is 3. The summed E-state index contributed by atoms with van der Waals surface area (Å²) in [6.07, 6.45) is -0.187. The van der Waals surface area contributed by atoms with E-state index < -0.39 is 39.9 Å². The Morgan fingerprint density at radius 3 is 2.35 bits per heavy atom. The van der Waals surface area contributed by atoms with Crippen molar-refractivity contribution in [3.8, 4) is 0 Å². The molecule has 2 aromatic carbocycles. The highest BCUT2D eigenvalue weighted by molar-refractivity contribution is 9.10. The number of carbonyl (C=O) groups excluding carboxylic acids is 3. The number of nitro groups is 1. The average Bonchev–Trinajstić information content (AvgIpc) is 2.95. The van der Waals surface area contributed by atoms with Crippen LogP contribution in [0.3, 0.4) is 0 Å². The molecule has 10 heteroatoms. The molecular weight excluding hydrogens is 490 g/mol. The molecule has 3 amide bonds. The molecule has 2 aromatic rings. The molecule has 1 atom stereocenters. The second-order valence-electron chi connectivity index (χ2n) is 8.03. The SMILES string of the molecule is CC(C)(C)N(C(=O)c1ccc(Cl)c([N+](=O)[O-])c1)C1CC(=O)N(c2ccc(Br)cc2)C1=O. The van der Waals surface area contributed by atoms with E-state index in [1.54, 1.807) is 45.0 Å². The summed E-state index contributed by atoms with van der Waals surface area (Å²) >= 11 is 9.17. The molecule has 1 aliphatic rings. The van der Waals surface area contributed by atoms with E-state index in [9.17, 15) is 24.5 Å². The average molecular weight is 509 g/mol. The molecule has 0 spiro atoms. The molecule has 3 rings (SSSR count). The highest BCUT2D eigenvalue weighted by Crippen LogP contribution is 2.33. The van der Waals surface area contributed by atoms with Crippen LogP contribution in [0.4, 0.5) is 11.4 Å². The van der Waals surface area contributed by atoms with Crippen molar-refractivity contribution in [2.75, 3.05) is 4.90 Å². The highest BCUT2D eigenvalue weighted by Gasteiger charge is 2.47. The number of amides is 3. The minimum Gasteiger partial charge on any atom is -0.321 e. The quantitative estimate of drug-likeness (QED) is 0.342. The molecule has 0 aromatic heterocycles. The van der Waals surface area contributed by atoms with Crippen molar-refractivity contribution in [1.82, 2.24) is 4.90 Å². The van der Waals surface area contributed by atoms with E-state index in [-0.39, 0.29) is 17.0 Å². The first-order valence-corrected chi connectivity index (χ1v) is 10.5. The van der Waals surface area contributed by atoms with Crippen molar-refractivity contribution in [2.24, 2.45) is 0 Å². The summed E-state index contributed by atoms with van der Waals surface area (Å²) in [5.41, 5.74) is -0.842.